The first-order valence-electron chi connectivity index (χ1n) is 9.06. The lowest BCUT2D eigenvalue weighted by atomic mass is 9.95. The lowest BCUT2D eigenvalue weighted by Gasteiger charge is -2.30. The van der Waals surface area contributed by atoms with Crippen LogP contribution in [-0.2, 0) is 4.79 Å². The first kappa shape index (κ1) is 17.4. The molecule has 4 heterocycles. The molecule has 9 heteroatoms. The Morgan fingerprint density at radius 2 is 2.11 bits per heavy atom. The first-order valence-corrected chi connectivity index (χ1v) is 9.06. The molecule has 4 rings (SSSR count). The number of fused-ring (bicyclic) bond motifs is 1. The predicted octanol–water partition coefficient (Wildman–Crippen LogP) is 1.94. The maximum atomic E-state index is 12.8. The van der Waals surface area contributed by atoms with E-state index < -0.39 is 0 Å². The van der Waals surface area contributed by atoms with E-state index >= 15 is 0 Å². The minimum Gasteiger partial charge on any atom is -0.466 e. The molecule has 2 aromatic rings. The van der Waals surface area contributed by atoms with Gasteiger partial charge in [0.15, 0.2) is 12.4 Å². The molecule has 27 heavy (non-hydrogen) atoms. The van der Waals surface area contributed by atoms with Gasteiger partial charge in [-0.25, -0.2) is 4.98 Å². The van der Waals surface area contributed by atoms with Crippen LogP contribution in [-0.4, -0.2) is 51.5 Å². The van der Waals surface area contributed by atoms with Crippen molar-refractivity contribution in [2.75, 3.05) is 25.0 Å². The second-order valence-electron chi connectivity index (χ2n) is 7.13. The Morgan fingerprint density at radius 3 is 2.81 bits per heavy atom. The molecule has 0 saturated carbocycles. The van der Waals surface area contributed by atoms with Crippen LogP contribution < -0.4 is 10.1 Å². The number of hydrogen-bond acceptors (Lipinski definition) is 7. The van der Waals surface area contributed by atoms with E-state index in [4.69, 9.17) is 9.26 Å². The number of rotatable bonds is 3. The van der Waals surface area contributed by atoms with E-state index in [-0.39, 0.29) is 30.3 Å². The third kappa shape index (κ3) is 3.49. The Balaban J connectivity index is 1.41. The van der Waals surface area contributed by atoms with Crippen molar-refractivity contribution in [2.45, 2.75) is 38.5 Å². The lowest BCUT2D eigenvalue weighted by molar-refractivity contribution is -0.118. The number of amides is 2. The number of carbonyl (C=O) groups is 2. The summed E-state index contributed by atoms with van der Waals surface area (Å²) in [5.74, 6) is 1.74. The van der Waals surface area contributed by atoms with Crippen molar-refractivity contribution in [3.63, 3.8) is 0 Å². The molecule has 2 aliphatic heterocycles. The maximum Gasteiger partial charge on any atom is 0.262 e. The molecule has 0 radical (unpaired) electrons. The van der Waals surface area contributed by atoms with Gasteiger partial charge in [0.25, 0.3) is 11.8 Å². The number of carbonyl (C=O) groups excluding carboxylic acids is 2. The van der Waals surface area contributed by atoms with Gasteiger partial charge in [-0.2, -0.15) is 4.98 Å². The zero-order valence-electron chi connectivity index (χ0n) is 15.3. The molecule has 0 aliphatic carbocycles. The highest BCUT2D eigenvalue weighted by molar-refractivity contribution is 5.99. The van der Waals surface area contributed by atoms with Gasteiger partial charge in [0.05, 0.1) is 5.56 Å². The highest BCUT2D eigenvalue weighted by Gasteiger charge is 2.29. The number of ether oxygens (including phenoxy) is 1. The van der Waals surface area contributed by atoms with Crippen LogP contribution in [0.15, 0.2) is 16.8 Å². The third-order valence-electron chi connectivity index (χ3n) is 4.81. The summed E-state index contributed by atoms with van der Waals surface area (Å²) in [6.07, 6.45) is 3.04. The van der Waals surface area contributed by atoms with Crippen LogP contribution in [0, 0.1) is 0 Å². The van der Waals surface area contributed by atoms with Gasteiger partial charge in [-0.05, 0) is 18.9 Å². The average molecular weight is 371 g/mol. The lowest BCUT2D eigenvalue weighted by Crippen LogP contribution is -2.38. The summed E-state index contributed by atoms with van der Waals surface area (Å²) in [5.41, 5.74) is 0.861. The Morgan fingerprint density at radius 1 is 1.33 bits per heavy atom. The summed E-state index contributed by atoms with van der Waals surface area (Å²) in [7, 11) is 0. The highest BCUT2D eigenvalue weighted by atomic mass is 16.5. The molecule has 0 spiro atoms. The zero-order valence-corrected chi connectivity index (χ0v) is 15.3. The molecular weight excluding hydrogens is 350 g/mol. The zero-order chi connectivity index (χ0) is 19.0. The average Bonchev–Trinajstić information content (AvgIpc) is 3.17. The fourth-order valence-corrected chi connectivity index (χ4v) is 3.26. The van der Waals surface area contributed by atoms with Crippen molar-refractivity contribution in [3.05, 3.63) is 29.5 Å². The number of pyridine rings is 1. The van der Waals surface area contributed by atoms with Crippen molar-refractivity contribution in [3.8, 4) is 5.88 Å². The van der Waals surface area contributed by atoms with Crippen molar-refractivity contribution >= 4 is 17.5 Å². The van der Waals surface area contributed by atoms with Gasteiger partial charge in [-0.15, -0.1) is 0 Å². The van der Waals surface area contributed by atoms with Gasteiger partial charge in [-0.1, -0.05) is 19.0 Å². The van der Waals surface area contributed by atoms with Gasteiger partial charge >= 0.3 is 0 Å². The van der Waals surface area contributed by atoms with Crippen LogP contribution in [0.25, 0.3) is 0 Å². The van der Waals surface area contributed by atoms with E-state index in [9.17, 15) is 9.59 Å². The van der Waals surface area contributed by atoms with Crippen molar-refractivity contribution in [2.24, 2.45) is 0 Å². The van der Waals surface area contributed by atoms with Crippen molar-refractivity contribution < 1.29 is 18.8 Å². The highest BCUT2D eigenvalue weighted by Crippen LogP contribution is 2.29. The fourth-order valence-electron chi connectivity index (χ4n) is 3.26. The number of aromatic nitrogens is 3. The summed E-state index contributed by atoms with van der Waals surface area (Å²) in [6, 6.07) is 1.61. The fraction of sp³-hybridized carbons (Fsp3) is 0.500. The van der Waals surface area contributed by atoms with Gasteiger partial charge < -0.3 is 19.5 Å². The Labute approximate surface area is 156 Å². The molecule has 2 aromatic heterocycles. The van der Waals surface area contributed by atoms with Crippen LogP contribution >= 0.6 is 0 Å². The van der Waals surface area contributed by atoms with Gasteiger partial charge in [0, 0.05) is 31.1 Å². The van der Waals surface area contributed by atoms with Gasteiger partial charge in [-0.3, -0.25) is 9.59 Å². The summed E-state index contributed by atoms with van der Waals surface area (Å²) in [6.45, 7) is 5.18. The second-order valence-corrected chi connectivity index (χ2v) is 7.13. The van der Waals surface area contributed by atoms with E-state index in [2.05, 4.69) is 20.4 Å². The minimum absolute atomic E-state index is 0.0601. The molecule has 0 aromatic carbocycles. The predicted molar refractivity (Wildman–Crippen MR) is 94.6 cm³/mol. The molecule has 2 aliphatic rings. The number of nitrogens with zero attached hydrogens (tertiary/aromatic N) is 4. The maximum absolute atomic E-state index is 12.8. The van der Waals surface area contributed by atoms with Crippen LogP contribution in [0.4, 0.5) is 5.69 Å². The largest absolute Gasteiger partial charge is 0.466 e. The molecule has 1 saturated heterocycles. The van der Waals surface area contributed by atoms with Crippen LogP contribution in [0.3, 0.4) is 0 Å². The molecule has 142 valence electrons. The molecule has 2 amide bonds. The quantitative estimate of drug-likeness (QED) is 0.878. The summed E-state index contributed by atoms with van der Waals surface area (Å²) >= 11 is 0. The van der Waals surface area contributed by atoms with Gasteiger partial charge in [0.1, 0.15) is 5.69 Å². The second kappa shape index (κ2) is 6.98. The monoisotopic (exact) mass is 371 g/mol. The third-order valence-corrected chi connectivity index (χ3v) is 4.81. The molecule has 1 N–H and O–H groups in total. The van der Waals surface area contributed by atoms with E-state index in [1.54, 1.807) is 11.0 Å². The van der Waals surface area contributed by atoms with Crippen molar-refractivity contribution in [1.82, 2.24) is 20.0 Å². The van der Waals surface area contributed by atoms with Gasteiger partial charge in [0.2, 0.25) is 11.8 Å². The molecule has 9 nitrogen and oxygen atoms in total. The molecular formula is C18H21N5O4. The van der Waals surface area contributed by atoms with Crippen LogP contribution in [0.2, 0.25) is 0 Å². The number of hydrogen-bond donors (Lipinski definition) is 1. The van der Waals surface area contributed by atoms with Crippen molar-refractivity contribution in [1.29, 1.82) is 0 Å². The van der Waals surface area contributed by atoms with E-state index in [1.807, 2.05) is 13.8 Å². The smallest absolute Gasteiger partial charge is 0.262 e. The van der Waals surface area contributed by atoms with E-state index in [0.29, 0.717) is 36.1 Å². The SMILES string of the molecule is CC(C)c1nc(C2CCN(C(=O)c3cnc4c(c3)NC(=O)CO4)CC2)no1. The number of nitrogens with one attached hydrogen (secondary N) is 1. The number of anilines is 1. The number of likely N-dealkylation sites (tertiary alicyclic amines) is 1. The normalized spacial score (nSPS) is 17.4. The molecule has 0 unspecified atom stereocenters. The first-order chi connectivity index (χ1) is 13.0. The summed E-state index contributed by atoms with van der Waals surface area (Å²) in [5, 5.41) is 6.76. The Hall–Kier alpha value is -2.97. The molecule has 1 fully saturated rings. The molecule has 0 atom stereocenters. The topological polar surface area (TPSA) is 110 Å². The van der Waals surface area contributed by atoms with Crippen LogP contribution in [0.1, 0.15) is 60.6 Å². The van der Waals surface area contributed by atoms with E-state index in [0.717, 1.165) is 18.7 Å². The minimum atomic E-state index is -0.254. The van der Waals surface area contributed by atoms with E-state index in [1.165, 1.54) is 6.20 Å². The standard InChI is InChI=1S/C18H21N5O4/c1-10(2)16-21-15(22-27-16)11-3-5-23(6-4-11)18(25)12-7-13-17(19-8-12)26-9-14(24)20-13/h7-8,10-11H,3-6,9H2,1-2H3,(H,20,24). The molecule has 0 bridgehead atoms. The number of piperidine rings is 1. The Bertz CT molecular complexity index is 870. The Kier molecular flexibility index (Phi) is 4.51. The van der Waals surface area contributed by atoms with Crippen LogP contribution in [0.5, 0.6) is 5.88 Å². The summed E-state index contributed by atoms with van der Waals surface area (Å²) in [4.78, 5) is 34.6. The summed E-state index contributed by atoms with van der Waals surface area (Å²) < 4.78 is 10.5.